The molecule has 178 valence electrons. The molecule has 6 rings (SSSR count). The number of benzene rings is 1. The summed E-state index contributed by atoms with van der Waals surface area (Å²) in [6.07, 6.45) is 8.06. The number of carbonyl (C=O) groups is 1. The Kier molecular flexibility index (Phi) is 5.17. The van der Waals surface area contributed by atoms with Crippen molar-refractivity contribution in [1.29, 1.82) is 0 Å². The van der Waals surface area contributed by atoms with Crippen LogP contribution in [0.5, 0.6) is 5.75 Å². The fraction of sp³-hybridized carbons (Fsp3) is 0.520. The summed E-state index contributed by atoms with van der Waals surface area (Å²) < 4.78 is 10.3. The Labute approximate surface area is 198 Å². The standard InChI is InChI=1S/C25H31N7O2/c1-15(2)32-25(27-14-28-32)21-12-30-7-8-34-22-11-16(3-6-20(22)24(30)29-21)17-9-18-4-5-19(10-17)31(18)13-23(26)33/h3,6,11-12,14-15,17-19H,4-5,7-10,13H2,1-2H3,(H2,26,33)/t17-,18+,19-. The second-order valence-electron chi connectivity index (χ2n) is 10.1. The maximum atomic E-state index is 11.5. The highest BCUT2D eigenvalue weighted by Crippen LogP contribution is 2.44. The van der Waals surface area contributed by atoms with Crippen LogP contribution in [0.3, 0.4) is 0 Å². The number of ether oxygens (including phenoxy) is 1. The molecule has 2 N–H and O–H groups in total. The molecule has 0 unspecified atom stereocenters. The zero-order valence-corrected chi connectivity index (χ0v) is 19.7. The van der Waals surface area contributed by atoms with Crippen LogP contribution in [0.1, 0.15) is 57.1 Å². The molecule has 2 saturated heterocycles. The van der Waals surface area contributed by atoms with E-state index >= 15 is 0 Å². The summed E-state index contributed by atoms with van der Waals surface area (Å²) in [4.78, 5) is 23.3. The van der Waals surface area contributed by atoms with Crippen molar-refractivity contribution >= 4 is 5.91 Å². The highest BCUT2D eigenvalue weighted by molar-refractivity contribution is 5.76. The van der Waals surface area contributed by atoms with Crippen molar-refractivity contribution in [2.24, 2.45) is 5.73 Å². The molecule has 9 heteroatoms. The first-order chi connectivity index (χ1) is 16.5. The molecule has 3 aromatic rings. The first-order valence-corrected chi connectivity index (χ1v) is 12.3. The van der Waals surface area contributed by atoms with Gasteiger partial charge in [-0.1, -0.05) is 6.07 Å². The van der Waals surface area contributed by atoms with Gasteiger partial charge in [-0.25, -0.2) is 14.6 Å². The smallest absolute Gasteiger partial charge is 0.231 e. The number of hydrogen-bond acceptors (Lipinski definition) is 6. The van der Waals surface area contributed by atoms with Gasteiger partial charge in [0.2, 0.25) is 5.91 Å². The number of nitrogens with zero attached hydrogens (tertiary/aromatic N) is 6. The van der Waals surface area contributed by atoms with Gasteiger partial charge in [0.1, 0.15) is 30.2 Å². The molecule has 0 aliphatic carbocycles. The molecule has 1 aromatic carbocycles. The summed E-state index contributed by atoms with van der Waals surface area (Å²) in [6.45, 7) is 5.89. The Morgan fingerprint density at radius 3 is 2.74 bits per heavy atom. The predicted octanol–water partition coefficient (Wildman–Crippen LogP) is 2.98. The molecule has 5 heterocycles. The Balaban J connectivity index is 1.29. The Morgan fingerprint density at radius 1 is 1.21 bits per heavy atom. The molecule has 0 radical (unpaired) electrons. The van der Waals surface area contributed by atoms with Gasteiger partial charge in [0.05, 0.1) is 18.7 Å². The van der Waals surface area contributed by atoms with Crippen LogP contribution in [0.15, 0.2) is 30.7 Å². The lowest BCUT2D eigenvalue weighted by molar-refractivity contribution is -0.120. The number of hydrogen-bond donors (Lipinski definition) is 1. The van der Waals surface area contributed by atoms with Crippen molar-refractivity contribution in [2.45, 2.75) is 70.1 Å². The van der Waals surface area contributed by atoms with E-state index in [0.29, 0.717) is 31.2 Å². The Morgan fingerprint density at radius 2 is 2.00 bits per heavy atom. The highest BCUT2D eigenvalue weighted by atomic mass is 16.5. The van der Waals surface area contributed by atoms with E-state index < -0.39 is 0 Å². The molecule has 2 aromatic heterocycles. The number of aromatic nitrogens is 5. The van der Waals surface area contributed by atoms with Crippen LogP contribution >= 0.6 is 0 Å². The number of imidazole rings is 1. The van der Waals surface area contributed by atoms with Crippen molar-refractivity contribution in [3.8, 4) is 28.7 Å². The number of amides is 1. The fourth-order valence-electron chi connectivity index (χ4n) is 6.06. The molecule has 2 fully saturated rings. The maximum Gasteiger partial charge on any atom is 0.231 e. The quantitative estimate of drug-likeness (QED) is 0.626. The highest BCUT2D eigenvalue weighted by Gasteiger charge is 2.41. The molecule has 1 amide bonds. The third kappa shape index (κ3) is 3.58. The number of fused-ring (bicyclic) bond motifs is 5. The molecule has 9 nitrogen and oxygen atoms in total. The summed E-state index contributed by atoms with van der Waals surface area (Å²) >= 11 is 0. The Bertz CT molecular complexity index is 1220. The minimum Gasteiger partial charge on any atom is -0.491 e. The van der Waals surface area contributed by atoms with Gasteiger partial charge in [-0.2, -0.15) is 5.10 Å². The van der Waals surface area contributed by atoms with Gasteiger partial charge in [0.25, 0.3) is 0 Å². The molecule has 34 heavy (non-hydrogen) atoms. The van der Waals surface area contributed by atoms with E-state index in [-0.39, 0.29) is 11.9 Å². The molecule has 3 aliphatic rings. The summed E-state index contributed by atoms with van der Waals surface area (Å²) in [5.74, 6) is 2.83. The van der Waals surface area contributed by atoms with Crippen LogP contribution in [0, 0.1) is 0 Å². The SMILES string of the molecule is CC(C)n1ncnc1-c1cn2c(n1)-c1ccc([C@H]3C[C@H]4CC[C@@H](C3)N4CC(N)=O)cc1OCC2. The number of piperidine rings is 1. The lowest BCUT2D eigenvalue weighted by Crippen LogP contribution is -2.46. The zero-order chi connectivity index (χ0) is 23.4. The average Bonchev–Trinajstić information content (AvgIpc) is 3.47. The second-order valence-corrected chi connectivity index (χ2v) is 10.1. The topological polar surface area (TPSA) is 104 Å². The Hall–Kier alpha value is -3.20. The van der Waals surface area contributed by atoms with Gasteiger partial charge >= 0.3 is 0 Å². The fourth-order valence-corrected chi connectivity index (χ4v) is 6.06. The molecule has 3 atom stereocenters. The second kappa shape index (κ2) is 8.23. The van der Waals surface area contributed by atoms with Gasteiger partial charge < -0.3 is 15.0 Å². The minimum absolute atomic E-state index is 0.210. The molecular weight excluding hydrogens is 430 g/mol. The van der Waals surface area contributed by atoms with E-state index in [1.54, 1.807) is 6.33 Å². The minimum atomic E-state index is -0.227. The first-order valence-electron chi connectivity index (χ1n) is 12.3. The number of nitrogens with two attached hydrogens (primary N) is 1. The number of primary amides is 1. The molecular formula is C25H31N7O2. The molecule has 0 spiro atoms. The van der Waals surface area contributed by atoms with E-state index in [0.717, 1.165) is 60.9 Å². The average molecular weight is 462 g/mol. The zero-order valence-electron chi connectivity index (χ0n) is 19.7. The van der Waals surface area contributed by atoms with Crippen molar-refractivity contribution in [2.75, 3.05) is 13.2 Å². The van der Waals surface area contributed by atoms with Gasteiger partial charge in [0, 0.05) is 24.3 Å². The van der Waals surface area contributed by atoms with Crippen molar-refractivity contribution < 1.29 is 9.53 Å². The van der Waals surface area contributed by atoms with Gasteiger partial charge in [-0.3, -0.25) is 9.69 Å². The van der Waals surface area contributed by atoms with Gasteiger partial charge in [0.15, 0.2) is 5.82 Å². The lowest BCUT2D eigenvalue weighted by atomic mass is 9.84. The lowest BCUT2D eigenvalue weighted by Gasteiger charge is -2.38. The van der Waals surface area contributed by atoms with Crippen LogP contribution in [0.2, 0.25) is 0 Å². The predicted molar refractivity (Wildman–Crippen MR) is 127 cm³/mol. The summed E-state index contributed by atoms with van der Waals surface area (Å²) in [5.41, 5.74) is 8.65. The monoisotopic (exact) mass is 461 g/mol. The molecule has 0 saturated carbocycles. The van der Waals surface area contributed by atoms with E-state index in [1.807, 2.05) is 4.68 Å². The largest absolute Gasteiger partial charge is 0.491 e. The van der Waals surface area contributed by atoms with Crippen LogP contribution in [0.25, 0.3) is 22.9 Å². The van der Waals surface area contributed by atoms with E-state index in [1.165, 1.54) is 5.56 Å². The summed E-state index contributed by atoms with van der Waals surface area (Å²) in [6, 6.07) is 7.69. The van der Waals surface area contributed by atoms with Crippen molar-refractivity contribution in [3.05, 3.63) is 36.3 Å². The van der Waals surface area contributed by atoms with Gasteiger partial charge in [-0.15, -0.1) is 0 Å². The van der Waals surface area contributed by atoms with Crippen LogP contribution in [-0.2, 0) is 11.3 Å². The van der Waals surface area contributed by atoms with Crippen LogP contribution in [0.4, 0.5) is 0 Å². The van der Waals surface area contributed by atoms with Crippen molar-refractivity contribution in [3.63, 3.8) is 0 Å². The summed E-state index contributed by atoms with van der Waals surface area (Å²) in [5, 5.41) is 4.37. The van der Waals surface area contributed by atoms with E-state index in [2.05, 4.69) is 57.8 Å². The van der Waals surface area contributed by atoms with Crippen LogP contribution in [-0.4, -0.2) is 60.4 Å². The van der Waals surface area contributed by atoms with Crippen LogP contribution < -0.4 is 10.5 Å². The first kappa shape index (κ1) is 21.3. The summed E-state index contributed by atoms with van der Waals surface area (Å²) in [7, 11) is 0. The third-order valence-electron chi connectivity index (χ3n) is 7.60. The third-order valence-corrected chi connectivity index (χ3v) is 7.60. The van der Waals surface area contributed by atoms with E-state index in [4.69, 9.17) is 15.5 Å². The number of carbonyl (C=O) groups excluding carboxylic acids is 1. The van der Waals surface area contributed by atoms with E-state index in [9.17, 15) is 4.79 Å². The van der Waals surface area contributed by atoms with Crippen molar-refractivity contribution in [1.82, 2.24) is 29.2 Å². The van der Waals surface area contributed by atoms with Gasteiger partial charge in [-0.05, 0) is 63.1 Å². The molecule has 2 bridgehead atoms. The normalized spacial score (nSPS) is 23.9. The maximum absolute atomic E-state index is 11.5. The number of rotatable bonds is 5. The molecule has 3 aliphatic heterocycles.